The molecule has 12 heavy (non-hydrogen) atoms. The van der Waals surface area contributed by atoms with E-state index in [1.54, 1.807) is 12.3 Å². The summed E-state index contributed by atoms with van der Waals surface area (Å²) in [7, 11) is 1.87. The average molecular weight is 184 g/mol. The molecule has 0 spiro atoms. The van der Waals surface area contributed by atoms with Crippen molar-refractivity contribution in [3.63, 3.8) is 0 Å². The number of hydrogen-bond acceptors (Lipinski definition) is 3. The molecule has 0 bridgehead atoms. The van der Waals surface area contributed by atoms with E-state index in [1.165, 1.54) is 6.39 Å². The van der Waals surface area contributed by atoms with Crippen molar-refractivity contribution in [1.29, 1.82) is 0 Å². The third kappa shape index (κ3) is 1.10. The molecular weight excluding hydrogens is 178 g/mol. The Morgan fingerprint density at radius 2 is 2.42 bits per heavy atom. The molecule has 0 aliphatic heterocycles. The Bertz CT molecular complexity index is 379. The van der Waals surface area contributed by atoms with Gasteiger partial charge in [0.25, 0.3) is 5.89 Å². The summed E-state index contributed by atoms with van der Waals surface area (Å²) < 4.78 is 6.84. The van der Waals surface area contributed by atoms with Gasteiger partial charge in [0.1, 0.15) is 5.69 Å². The third-order valence-corrected chi connectivity index (χ3v) is 1.76. The normalized spacial score (nSPS) is 10.5. The molecule has 0 aliphatic carbocycles. The highest BCUT2D eigenvalue weighted by Gasteiger charge is 2.08. The van der Waals surface area contributed by atoms with E-state index in [0.717, 1.165) is 5.69 Å². The lowest BCUT2D eigenvalue weighted by atomic mass is 10.4. The van der Waals surface area contributed by atoms with Gasteiger partial charge in [-0.2, -0.15) is 0 Å². The monoisotopic (exact) mass is 183 g/mol. The molecule has 0 unspecified atom stereocenters. The van der Waals surface area contributed by atoms with Crippen molar-refractivity contribution in [1.82, 2.24) is 14.8 Å². The summed E-state index contributed by atoms with van der Waals surface area (Å²) in [4.78, 5) is 0. The van der Waals surface area contributed by atoms with Crippen LogP contribution in [0.25, 0.3) is 11.6 Å². The van der Waals surface area contributed by atoms with Gasteiger partial charge < -0.3 is 8.98 Å². The molecule has 0 radical (unpaired) electrons. The van der Waals surface area contributed by atoms with E-state index in [4.69, 9.17) is 16.0 Å². The van der Waals surface area contributed by atoms with Gasteiger partial charge in [-0.15, -0.1) is 10.2 Å². The minimum atomic E-state index is 0.476. The highest BCUT2D eigenvalue weighted by Crippen LogP contribution is 2.21. The van der Waals surface area contributed by atoms with Crippen LogP contribution in [-0.2, 0) is 7.05 Å². The van der Waals surface area contributed by atoms with Gasteiger partial charge in [-0.25, -0.2) is 0 Å². The first-order valence-electron chi connectivity index (χ1n) is 3.36. The molecule has 2 rings (SSSR count). The first kappa shape index (κ1) is 7.36. The van der Waals surface area contributed by atoms with Crippen LogP contribution < -0.4 is 0 Å². The molecule has 0 N–H and O–H groups in total. The Morgan fingerprint density at radius 3 is 2.92 bits per heavy atom. The van der Waals surface area contributed by atoms with Crippen molar-refractivity contribution in [2.75, 3.05) is 0 Å². The minimum Gasteiger partial charge on any atom is -0.422 e. The molecular formula is C7H6ClN3O. The van der Waals surface area contributed by atoms with Crippen LogP contribution in [-0.4, -0.2) is 14.8 Å². The van der Waals surface area contributed by atoms with Crippen molar-refractivity contribution in [2.24, 2.45) is 7.05 Å². The van der Waals surface area contributed by atoms with Crippen molar-refractivity contribution in [2.45, 2.75) is 0 Å². The van der Waals surface area contributed by atoms with Gasteiger partial charge in [0.15, 0.2) is 0 Å². The summed E-state index contributed by atoms with van der Waals surface area (Å²) in [6.07, 6.45) is 3.07. The van der Waals surface area contributed by atoms with Gasteiger partial charge in [-0.1, -0.05) is 11.6 Å². The van der Waals surface area contributed by atoms with Gasteiger partial charge in [0, 0.05) is 13.2 Å². The fourth-order valence-corrected chi connectivity index (χ4v) is 1.27. The molecule has 0 aromatic carbocycles. The smallest absolute Gasteiger partial charge is 0.264 e. The second-order valence-electron chi connectivity index (χ2n) is 2.40. The molecule has 62 valence electrons. The molecule has 2 heterocycles. The topological polar surface area (TPSA) is 43.9 Å². The quantitative estimate of drug-likeness (QED) is 0.676. The van der Waals surface area contributed by atoms with Crippen molar-refractivity contribution < 1.29 is 4.42 Å². The average Bonchev–Trinajstić information content (AvgIpc) is 2.58. The number of aromatic nitrogens is 3. The number of hydrogen-bond donors (Lipinski definition) is 0. The maximum atomic E-state index is 5.77. The summed E-state index contributed by atoms with van der Waals surface area (Å²) in [5.41, 5.74) is 0.817. The fourth-order valence-electron chi connectivity index (χ4n) is 1.02. The van der Waals surface area contributed by atoms with Crippen LogP contribution >= 0.6 is 11.6 Å². The summed E-state index contributed by atoms with van der Waals surface area (Å²) >= 11 is 5.77. The van der Waals surface area contributed by atoms with Crippen LogP contribution in [0.1, 0.15) is 0 Å². The van der Waals surface area contributed by atoms with Gasteiger partial charge in [0.05, 0.1) is 5.02 Å². The van der Waals surface area contributed by atoms with Crippen LogP contribution in [0.4, 0.5) is 0 Å². The first-order valence-corrected chi connectivity index (χ1v) is 3.73. The maximum Gasteiger partial charge on any atom is 0.264 e. The molecule has 4 nitrogen and oxygen atoms in total. The molecule has 0 atom stereocenters. The Morgan fingerprint density at radius 1 is 1.58 bits per heavy atom. The summed E-state index contributed by atoms with van der Waals surface area (Å²) in [6.45, 7) is 0. The van der Waals surface area contributed by atoms with Crippen molar-refractivity contribution >= 4 is 11.6 Å². The standard InChI is InChI=1S/C7H6ClN3O/c1-11-3-5(8)2-6(11)7-10-9-4-12-7/h2-4H,1H3. The van der Waals surface area contributed by atoms with E-state index in [-0.39, 0.29) is 0 Å². The van der Waals surface area contributed by atoms with E-state index in [9.17, 15) is 0 Å². The summed E-state index contributed by atoms with van der Waals surface area (Å²) in [6, 6.07) is 1.77. The van der Waals surface area contributed by atoms with Gasteiger partial charge >= 0.3 is 0 Å². The van der Waals surface area contributed by atoms with Gasteiger partial charge in [-0.05, 0) is 6.07 Å². The Kier molecular flexibility index (Phi) is 1.62. The van der Waals surface area contributed by atoms with E-state index in [2.05, 4.69) is 10.2 Å². The SMILES string of the molecule is Cn1cc(Cl)cc1-c1nnco1. The van der Waals surface area contributed by atoms with E-state index < -0.39 is 0 Å². The Balaban J connectivity index is 2.54. The van der Waals surface area contributed by atoms with Crippen LogP contribution in [0.3, 0.4) is 0 Å². The number of rotatable bonds is 1. The maximum absolute atomic E-state index is 5.77. The lowest BCUT2D eigenvalue weighted by molar-refractivity contribution is 0.563. The molecule has 0 saturated carbocycles. The highest BCUT2D eigenvalue weighted by atomic mass is 35.5. The Hall–Kier alpha value is -1.29. The Labute approximate surface area is 73.8 Å². The highest BCUT2D eigenvalue weighted by molar-refractivity contribution is 6.30. The number of halogens is 1. The molecule has 0 saturated heterocycles. The van der Waals surface area contributed by atoms with E-state index in [0.29, 0.717) is 10.9 Å². The van der Waals surface area contributed by atoms with Crippen LogP contribution in [0.5, 0.6) is 0 Å². The lowest BCUT2D eigenvalue weighted by Gasteiger charge is -1.94. The van der Waals surface area contributed by atoms with Crippen molar-refractivity contribution in [3.8, 4) is 11.6 Å². The molecule has 0 aliphatic rings. The number of nitrogens with zero attached hydrogens (tertiary/aromatic N) is 3. The zero-order valence-electron chi connectivity index (χ0n) is 6.36. The molecule has 2 aromatic rings. The van der Waals surface area contributed by atoms with Crippen LogP contribution in [0.2, 0.25) is 5.02 Å². The second kappa shape index (κ2) is 2.64. The lowest BCUT2D eigenvalue weighted by Crippen LogP contribution is -1.88. The van der Waals surface area contributed by atoms with Crippen LogP contribution in [0.15, 0.2) is 23.1 Å². The molecule has 0 fully saturated rings. The zero-order chi connectivity index (χ0) is 8.55. The van der Waals surface area contributed by atoms with Gasteiger partial charge in [0.2, 0.25) is 6.39 Å². The van der Waals surface area contributed by atoms with Crippen molar-refractivity contribution in [3.05, 3.63) is 23.7 Å². The molecule has 5 heteroatoms. The summed E-state index contributed by atoms with van der Waals surface area (Å²) in [5, 5.41) is 8.00. The minimum absolute atomic E-state index is 0.476. The predicted molar refractivity (Wildman–Crippen MR) is 43.7 cm³/mol. The summed E-state index contributed by atoms with van der Waals surface area (Å²) in [5.74, 6) is 0.476. The molecule has 2 aromatic heterocycles. The second-order valence-corrected chi connectivity index (χ2v) is 2.83. The zero-order valence-corrected chi connectivity index (χ0v) is 7.12. The first-order chi connectivity index (χ1) is 5.77. The third-order valence-electron chi connectivity index (χ3n) is 1.55. The van der Waals surface area contributed by atoms with Crippen LogP contribution in [0, 0.1) is 0 Å². The largest absolute Gasteiger partial charge is 0.422 e. The number of aryl methyl sites for hydroxylation is 1. The van der Waals surface area contributed by atoms with E-state index >= 15 is 0 Å². The predicted octanol–water partition coefficient (Wildman–Crippen LogP) is 1.73. The fraction of sp³-hybridized carbons (Fsp3) is 0.143. The van der Waals surface area contributed by atoms with E-state index in [1.807, 2.05) is 11.6 Å². The molecule has 0 amide bonds. The van der Waals surface area contributed by atoms with Gasteiger partial charge in [-0.3, -0.25) is 0 Å².